The van der Waals surface area contributed by atoms with Gasteiger partial charge in [-0.2, -0.15) is 0 Å². The van der Waals surface area contributed by atoms with Gasteiger partial charge in [0, 0.05) is 17.5 Å². The molecule has 0 aliphatic carbocycles. The zero-order valence-corrected chi connectivity index (χ0v) is 11.3. The molecule has 20 heavy (non-hydrogen) atoms. The fraction of sp³-hybridized carbons (Fsp3) is 0.294. The quantitative estimate of drug-likeness (QED) is 0.926. The van der Waals surface area contributed by atoms with E-state index in [1.165, 1.54) is 11.6 Å². The summed E-state index contributed by atoms with van der Waals surface area (Å²) in [7, 11) is 0. The minimum atomic E-state index is -0.175. The second-order valence-corrected chi connectivity index (χ2v) is 5.34. The molecule has 0 bridgehead atoms. The van der Waals surface area contributed by atoms with Crippen molar-refractivity contribution in [2.24, 2.45) is 5.73 Å². The predicted octanol–water partition coefficient (Wildman–Crippen LogP) is 3.26. The van der Waals surface area contributed by atoms with Gasteiger partial charge in [-0.25, -0.2) is 4.39 Å². The highest BCUT2D eigenvalue weighted by Gasteiger charge is 2.25. The number of benzene rings is 2. The Morgan fingerprint density at radius 3 is 2.75 bits per heavy atom. The monoisotopic (exact) mass is 271 g/mol. The van der Waals surface area contributed by atoms with Crippen molar-refractivity contribution in [1.29, 1.82) is 0 Å². The van der Waals surface area contributed by atoms with E-state index in [9.17, 15) is 4.39 Å². The topological polar surface area (TPSA) is 35.2 Å². The molecule has 0 spiro atoms. The van der Waals surface area contributed by atoms with E-state index in [4.69, 9.17) is 10.5 Å². The smallest absolute Gasteiger partial charge is 0.126 e. The van der Waals surface area contributed by atoms with Crippen LogP contribution in [-0.2, 0) is 6.42 Å². The van der Waals surface area contributed by atoms with E-state index in [2.05, 4.69) is 6.07 Å². The summed E-state index contributed by atoms with van der Waals surface area (Å²) in [6.45, 7) is 0.671. The normalized spacial score (nSPS) is 18.4. The maximum Gasteiger partial charge on any atom is 0.126 e. The third-order valence-electron chi connectivity index (χ3n) is 3.83. The molecule has 0 aromatic heterocycles. The molecule has 0 saturated carbocycles. The number of hydrogen-bond donors (Lipinski definition) is 1. The molecule has 0 amide bonds. The first-order valence-electron chi connectivity index (χ1n) is 6.95. The highest BCUT2D eigenvalue weighted by atomic mass is 19.1. The summed E-state index contributed by atoms with van der Waals surface area (Å²) < 4.78 is 19.3. The number of ether oxygens (including phenoxy) is 1. The van der Waals surface area contributed by atoms with Gasteiger partial charge in [-0.15, -0.1) is 0 Å². The Labute approximate surface area is 118 Å². The molecule has 0 saturated heterocycles. The van der Waals surface area contributed by atoms with Gasteiger partial charge in [0.2, 0.25) is 0 Å². The number of nitrogens with two attached hydrogens (primary N) is 1. The van der Waals surface area contributed by atoms with Crippen molar-refractivity contribution in [2.45, 2.75) is 24.8 Å². The van der Waals surface area contributed by atoms with Crippen molar-refractivity contribution in [2.75, 3.05) is 6.61 Å². The number of halogens is 1. The van der Waals surface area contributed by atoms with Crippen LogP contribution in [0, 0.1) is 5.82 Å². The molecule has 0 fully saturated rings. The lowest BCUT2D eigenvalue weighted by Crippen LogP contribution is -2.26. The van der Waals surface area contributed by atoms with E-state index in [1.54, 1.807) is 12.1 Å². The minimum Gasteiger partial charge on any atom is -0.493 e. The summed E-state index contributed by atoms with van der Waals surface area (Å²) in [6, 6.07) is 14.8. The van der Waals surface area contributed by atoms with Crippen molar-refractivity contribution in [1.82, 2.24) is 0 Å². The van der Waals surface area contributed by atoms with Gasteiger partial charge >= 0.3 is 0 Å². The van der Waals surface area contributed by atoms with Crippen LogP contribution in [-0.4, -0.2) is 12.6 Å². The molecule has 1 heterocycles. The second kappa shape index (κ2) is 5.63. The summed E-state index contributed by atoms with van der Waals surface area (Å²) in [5.74, 6) is 1.09. The lowest BCUT2D eigenvalue weighted by atomic mass is 9.91. The molecule has 104 valence electrons. The van der Waals surface area contributed by atoms with Gasteiger partial charge in [-0.1, -0.05) is 36.4 Å². The van der Waals surface area contributed by atoms with Crippen LogP contribution in [0.4, 0.5) is 4.39 Å². The van der Waals surface area contributed by atoms with Gasteiger partial charge in [0.25, 0.3) is 0 Å². The Balaban J connectivity index is 1.66. The molecular formula is C17H18FNO. The fourth-order valence-electron chi connectivity index (χ4n) is 2.82. The maximum atomic E-state index is 13.6. The Morgan fingerprint density at radius 1 is 1.15 bits per heavy atom. The molecule has 2 aromatic rings. The van der Waals surface area contributed by atoms with Gasteiger partial charge in [-0.3, -0.25) is 0 Å². The first-order valence-corrected chi connectivity index (χ1v) is 6.95. The van der Waals surface area contributed by atoms with E-state index in [1.807, 2.05) is 24.3 Å². The molecule has 2 N–H and O–H groups in total. The summed E-state index contributed by atoms with van der Waals surface area (Å²) in [6.07, 6.45) is 1.37. The Kier molecular flexibility index (Phi) is 3.70. The Morgan fingerprint density at radius 2 is 1.90 bits per heavy atom. The molecule has 1 aliphatic heterocycles. The van der Waals surface area contributed by atoms with Crippen molar-refractivity contribution < 1.29 is 9.13 Å². The van der Waals surface area contributed by atoms with Gasteiger partial charge in [0.15, 0.2) is 0 Å². The van der Waals surface area contributed by atoms with E-state index >= 15 is 0 Å². The van der Waals surface area contributed by atoms with E-state index in [0.717, 1.165) is 12.2 Å². The van der Waals surface area contributed by atoms with Crippen LogP contribution < -0.4 is 10.5 Å². The van der Waals surface area contributed by atoms with Crippen LogP contribution in [0.1, 0.15) is 23.5 Å². The standard InChI is InChI=1S/C17H18FNO/c18-16-7-3-1-5-12(16)9-14(19)10-13-11-20-17-8-4-2-6-15(13)17/h1-8,13-14H,9-11,19H2. The molecule has 2 unspecified atom stereocenters. The van der Waals surface area contributed by atoms with Crippen LogP contribution in [0.3, 0.4) is 0 Å². The number of para-hydroxylation sites is 1. The van der Waals surface area contributed by atoms with Crippen molar-refractivity contribution in [3.63, 3.8) is 0 Å². The number of fused-ring (bicyclic) bond motifs is 1. The summed E-state index contributed by atoms with van der Waals surface area (Å²) in [4.78, 5) is 0. The zero-order valence-electron chi connectivity index (χ0n) is 11.3. The highest BCUT2D eigenvalue weighted by Crippen LogP contribution is 2.36. The van der Waals surface area contributed by atoms with E-state index < -0.39 is 0 Å². The molecule has 0 radical (unpaired) electrons. The SMILES string of the molecule is NC(Cc1ccccc1F)CC1COc2ccccc21. The minimum absolute atomic E-state index is 0.0633. The molecule has 2 aromatic carbocycles. The summed E-state index contributed by atoms with van der Waals surface area (Å²) >= 11 is 0. The fourth-order valence-corrected chi connectivity index (χ4v) is 2.82. The van der Waals surface area contributed by atoms with Crippen LogP contribution in [0.5, 0.6) is 5.75 Å². The van der Waals surface area contributed by atoms with Crippen molar-refractivity contribution >= 4 is 0 Å². The molecule has 2 nitrogen and oxygen atoms in total. The molecule has 2 atom stereocenters. The van der Waals surface area contributed by atoms with Crippen LogP contribution in [0.2, 0.25) is 0 Å². The average molecular weight is 271 g/mol. The van der Waals surface area contributed by atoms with Crippen molar-refractivity contribution in [3.05, 3.63) is 65.5 Å². The lowest BCUT2D eigenvalue weighted by Gasteiger charge is -2.16. The number of rotatable bonds is 4. The molecule has 3 heteroatoms. The van der Waals surface area contributed by atoms with Crippen LogP contribution in [0.25, 0.3) is 0 Å². The average Bonchev–Trinajstić information content (AvgIpc) is 2.85. The molecular weight excluding hydrogens is 253 g/mol. The first-order chi connectivity index (χ1) is 9.74. The second-order valence-electron chi connectivity index (χ2n) is 5.34. The van der Waals surface area contributed by atoms with Crippen LogP contribution >= 0.6 is 0 Å². The van der Waals surface area contributed by atoms with Crippen LogP contribution in [0.15, 0.2) is 48.5 Å². The Bertz CT molecular complexity index is 599. The van der Waals surface area contributed by atoms with Gasteiger partial charge in [0.05, 0.1) is 6.61 Å². The van der Waals surface area contributed by atoms with E-state index in [-0.39, 0.29) is 11.9 Å². The van der Waals surface area contributed by atoms with Gasteiger partial charge in [-0.05, 0) is 30.5 Å². The molecule has 3 rings (SSSR count). The zero-order chi connectivity index (χ0) is 13.9. The van der Waals surface area contributed by atoms with Gasteiger partial charge < -0.3 is 10.5 Å². The summed E-state index contributed by atoms with van der Waals surface area (Å²) in [5.41, 5.74) is 8.10. The third kappa shape index (κ3) is 2.68. The summed E-state index contributed by atoms with van der Waals surface area (Å²) in [5, 5.41) is 0. The third-order valence-corrected chi connectivity index (χ3v) is 3.83. The maximum absolute atomic E-state index is 13.6. The van der Waals surface area contributed by atoms with E-state index in [0.29, 0.717) is 24.5 Å². The van der Waals surface area contributed by atoms with Crippen molar-refractivity contribution in [3.8, 4) is 5.75 Å². The highest BCUT2D eigenvalue weighted by molar-refractivity contribution is 5.39. The Hall–Kier alpha value is -1.87. The predicted molar refractivity (Wildman–Crippen MR) is 77.4 cm³/mol. The van der Waals surface area contributed by atoms with Gasteiger partial charge in [0.1, 0.15) is 11.6 Å². The molecule has 1 aliphatic rings. The lowest BCUT2D eigenvalue weighted by molar-refractivity contribution is 0.318. The largest absolute Gasteiger partial charge is 0.493 e. The number of hydrogen-bond acceptors (Lipinski definition) is 2. The first kappa shape index (κ1) is 13.1.